The highest BCUT2D eigenvalue weighted by atomic mass is 16.6. The van der Waals surface area contributed by atoms with Gasteiger partial charge in [-0.25, -0.2) is 4.79 Å². The van der Waals surface area contributed by atoms with Gasteiger partial charge in [-0.05, 0) is 45.6 Å². The molecule has 1 fully saturated rings. The molecule has 7 nitrogen and oxygen atoms in total. The number of ether oxygens (including phenoxy) is 1. The number of nitrogens with one attached hydrogen (secondary N) is 1. The molecular formula is C19H25N2O5-. The summed E-state index contributed by atoms with van der Waals surface area (Å²) < 4.78 is 5.33. The zero-order valence-corrected chi connectivity index (χ0v) is 15.4. The van der Waals surface area contributed by atoms with Crippen LogP contribution in [0.4, 0.5) is 4.79 Å². The van der Waals surface area contributed by atoms with E-state index in [9.17, 15) is 19.5 Å². The largest absolute Gasteiger partial charge is 0.548 e. The van der Waals surface area contributed by atoms with E-state index < -0.39 is 35.7 Å². The second-order valence-corrected chi connectivity index (χ2v) is 7.40. The number of carbonyl (C=O) groups is 3. The molecule has 0 spiro atoms. The van der Waals surface area contributed by atoms with Gasteiger partial charge < -0.3 is 20.0 Å². The Hall–Kier alpha value is -2.57. The van der Waals surface area contributed by atoms with Crippen molar-refractivity contribution in [2.45, 2.75) is 57.7 Å². The van der Waals surface area contributed by atoms with Crippen LogP contribution in [0.1, 0.15) is 39.2 Å². The van der Waals surface area contributed by atoms with Gasteiger partial charge in [-0.15, -0.1) is 0 Å². The summed E-state index contributed by atoms with van der Waals surface area (Å²) in [5, 5.41) is 13.9. The average Bonchev–Trinajstić information content (AvgIpc) is 3.03. The quantitative estimate of drug-likeness (QED) is 0.839. The van der Waals surface area contributed by atoms with Crippen LogP contribution in [0.3, 0.4) is 0 Å². The second-order valence-electron chi connectivity index (χ2n) is 7.40. The summed E-state index contributed by atoms with van der Waals surface area (Å²) in [4.78, 5) is 37.6. The van der Waals surface area contributed by atoms with Crippen molar-refractivity contribution < 1.29 is 24.2 Å². The smallest absolute Gasteiger partial charge is 0.410 e. The number of hydrogen-bond donors (Lipinski definition) is 1. The molecule has 1 N–H and O–H groups in total. The Labute approximate surface area is 153 Å². The number of amides is 2. The third kappa shape index (κ3) is 5.47. The van der Waals surface area contributed by atoms with E-state index in [1.807, 2.05) is 6.07 Å². The lowest BCUT2D eigenvalue weighted by Gasteiger charge is -2.29. The fraction of sp³-hybridized carbons (Fsp3) is 0.526. The monoisotopic (exact) mass is 361 g/mol. The molecule has 0 unspecified atom stereocenters. The Balaban J connectivity index is 2.03. The van der Waals surface area contributed by atoms with E-state index in [4.69, 9.17) is 4.74 Å². The molecular weight excluding hydrogens is 336 g/mol. The molecule has 0 aliphatic carbocycles. The molecule has 2 atom stereocenters. The lowest BCUT2D eigenvalue weighted by molar-refractivity contribution is -0.308. The summed E-state index contributed by atoms with van der Waals surface area (Å²) in [6.07, 6.45) is 0.680. The van der Waals surface area contributed by atoms with E-state index in [0.29, 0.717) is 19.4 Å². The first kappa shape index (κ1) is 19.8. The molecule has 7 heteroatoms. The highest BCUT2D eigenvalue weighted by Gasteiger charge is 2.37. The van der Waals surface area contributed by atoms with E-state index in [2.05, 4.69) is 5.32 Å². The molecule has 1 aromatic rings. The molecule has 1 aromatic carbocycles. The molecule has 142 valence electrons. The Kier molecular flexibility index (Phi) is 6.23. The highest BCUT2D eigenvalue weighted by Crippen LogP contribution is 2.21. The number of likely N-dealkylation sites (tertiary alicyclic amines) is 1. The third-order valence-electron chi connectivity index (χ3n) is 4.07. The molecule has 0 saturated carbocycles. The number of hydrogen-bond acceptors (Lipinski definition) is 5. The maximum Gasteiger partial charge on any atom is 0.410 e. The third-order valence-corrected chi connectivity index (χ3v) is 4.07. The molecule has 26 heavy (non-hydrogen) atoms. The maximum absolute atomic E-state index is 12.6. The van der Waals surface area contributed by atoms with Crippen molar-refractivity contribution in [3.05, 3.63) is 35.9 Å². The first-order valence-electron chi connectivity index (χ1n) is 8.72. The molecule has 2 amide bonds. The lowest BCUT2D eigenvalue weighted by atomic mass is 10.1. The Morgan fingerprint density at radius 1 is 1.27 bits per heavy atom. The number of carboxylic acid groups (broad SMARTS) is 1. The van der Waals surface area contributed by atoms with Crippen molar-refractivity contribution in [3.63, 3.8) is 0 Å². The van der Waals surface area contributed by atoms with Crippen molar-refractivity contribution in [2.75, 3.05) is 6.54 Å². The minimum Gasteiger partial charge on any atom is -0.548 e. The minimum absolute atomic E-state index is 0.119. The standard InChI is InChI=1S/C19H26N2O5/c1-19(2,3)26-18(25)21-11-7-10-15(21)16(22)20-14(17(23)24)12-13-8-5-4-6-9-13/h4-6,8-9,14-15H,7,10-12H2,1-3H3,(H,20,22)(H,23,24)/p-1/t14-,15+/m1/s1. The van der Waals surface area contributed by atoms with Crippen LogP contribution in [0.15, 0.2) is 30.3 Å². The average molecular weight is 361 g/mol. The van der Waals surface area contributed by atoms with Gasteiger partial charge in [0.05, 0.1) is 12.0 Å². The van der Waals surface area contributed by atoms with Crippen LogP contribution in [0.5, 0.6) is 0 Å². The van der Waals surface area contributed by atoms with Crippen LogP contribution in [-0.4, -0.2) is 47.1 Å². The zero-order chi connectivity index (χ0) is 19.3. The first-order valence-corrected chi connectivity index (χ1v) is 8.72. The number of carbonyl (C=O) groups excluding carboxylic acids is 3. The van der Waals surface area contributed by atoms with Gasteiger partial charge in [-0.2, -0.15) is 0 Å². The molecule has 0 bridgehead atoms. The maximum atomic E-state index is 12.6. The summed E-state index contributed by atoms with van der Waals surface area (Å²) in [5.41, 5.74) is 0.110. The van der Waals surface area contributed by atoms with Crippen LogP contribution >= 0.6 is 0 Å². The fourth-order valence-corrected chi connectivity index (χ4v) is 2.89. The number of carboxylic acids is 1. The van der Waals surface area contributed by atoms with Gasteiger partial charge in [0.2, 0.25) is 5.91 Å². The summed E-state index contributed by atoms with van der Waals surface area (Å²) in [6.45, 7) is 5.66. The summed E-state index contributed by atoms with van der Waals surface area (Å²) >= 11 is 0. The van der Waals surface area contributed by atoms with Gasteiger partial charge in [0, 0.05) is 6.54 Å². The van der Waals surface area contributed by atoms with Gasteiger partial charge in [-0.3, -0.25) is 9.69 Å². The van der Waals surface area contributed by atoms with Crippen LogP contribution < -0.4 is 10.4 Å². The van der Waals surface area contributed by atoms with Gasteiger partial charge in [0.25, 0.3) is 0 Å². The lowest BCUT2D eigenvalue weighted by Crippen LogP contribution is -2.55. The molecule has 1 aliphatic heterocycles. The summed E-state index contributed by atoms with van der Waals surface area (Å²) in [6, 6.07) is 7.09. The van der Waals surface area contributed by atoms with Crippen molar-refractivity contribution in [2.24, 2.45) is 0 Å². The van der Waals surface area contributed by atoms with Crippen molar-refractivity contribution in [3.8, 4) is 0 Å². The topological polar surface area (TPSA) is 98.8 Å². The number of rotatable bonds is 5. The van der Waals surface area contributed by atoms with E-state index in [1.54, 1.807) is 45.0 Å². The van der Waals surface area contributed by atoms with Crippen molar-refractivity contribution in [1.29, 1.82) is 0 Å². The molecule has 1 saturated heterocycles. The van der Waals surface area contributed by atoms with Crippen LogP contribution in [0.2, 0.25) is 0 Å². The predicted molar refractivity (Wildman–Crippen MR) is 93.0 cm³/mol. The highest BCUT2D eigenvalue weighted by molar-refractivity contribution is 5.89. The molecule has 0 aromatic heterocycles. The van der Waals surface area contributed by atoms with Crippen molar-refractivity contribution in [1.82, 2.24) is 10.2 Å². The second kappa shape index (κ2) is 8.21. The predicted octanol–water partition coefficient (Wildman–Crippen LogP) is 0.863. The Morgan fingerprint density at radius 3 is 2.50 bits per heavy atom. The van der Waals surface area contributed by atoms with E-state index in [0.717, 1.165) is 5.56 Å². The van der Waals surface area contributed by atoms with Gasteiger partial charge >= 0.3 is 6.09 Å². The van der Waals surface area contributed by atoms with E-state index >= 15 is 0 Å². The van der Waals surface area contributed by atoms with Crippen LogP contribution in [-0.2, 0) is 20.7 Å². The molecule has 1 heterocycles. The first-order chi connectivity index (χ1) is 12.2. The minimum atomic E-state index is -1.36. The molecule has 2 rings (SSSR count). The SMILES string of the molecule is CC(C)(C)OC(=O)N1CCC[C@H]1C(=O)N[C@H](Cc1ccccc1)C(=O)[O-]. The van der Waals surface area contributed by atoms with E-state index in [1.165, 1.54) is 4.90 Å². The van der Waals surface area contributed by atoms with Crippen molar-refractivity contribution >= 4 is 18.0 Å². The zero-order valence-electron chi connectivity index (χ0n) is 15.4. The summed E-state index contributed by atoms with van der Waals surface area (Å²) in [5.74, 6) is -1.86. The van der Waals surface area contributed by atoms with E-state index in [-0.39, 0.29) is 6.42 Å². The fourth-order valence-electron chi connectivity index (χ4n) is 2.89. The van der Waals surface area contributed by atoms with Gasteiger partial charge in [0.15, 0.2) is 0 Å². The number of nitrogens with zero attached hydrogens (tertiary/aromatic N) is 1. The molecule has 0 radical (unpaired) electrons. The van der Waals surface area contributed by atoms with Gasteiger partial charge in [0.1, 0.15) is 11.6 Å². The van der Waals surface area contributed by atoms with Crippen LogP contribution in [0, 0.1) is 0 Å². The normalized spacial score (nSPS) is 18.3. The molecule has 1 aliphatic rings. The number of benzene rings is 1. The Morgan fingerprint density at radius 2 is 1.92 bits per heavy atom. The van der Waals surface area contributed by atoms with Gasteiger partial charge in [-0.1, -0.05) is 30.3 Å². The Bertz CT molecular complexity index is 654. The van der Waals surface area contributed by atoms with Crippen LogP contribution in [0.25, 0.3) is 0 Å². The number of aliphatic carboxylic acids is 1. The summed E-state index contributed by atoms with van der Waals surface area (Å²) in [7, 11) is 0.